The molecule has 3 aromatic rings. The second-order valence-corrected chi connectivity index (χ2v) is 5.07. The van der Waals surface area contributed by atoms with Crippen LogP contribution in [0.25, 0.3) is 16.4 Å². The van der Waals surface area contributed by atoms with Crippen molar-refractivity contribution in [3.8, 4) is 34.0 Å². The summed E-state index contributed by atoms with van der Waals surface area (Å²) in [5.41, 5.74) is 1.54. The van der Waals surface area contributed by atoms with Crippen LogP contribution in [0, 0.1) is 11.3 Å². The molecule has 1 aromatic carbocycles. The van der Waals surface area contributed by atoms with Gasteiger partial charge in [0.2, 0.25) is 5.13 Å². The molecule has 2 aromatic heterocycles. The SMILES string of the molecule is COc1ccc(-c2c(C#N)nnn2-c2nccs2)cc1OC. The quantitative estimate of drug-likeness (QED) is 0.734. The van der Waals surface area contributed by atoms with Crippen molar-refractivity contribution in [2.75, 3.05) is 14.2 Å². The van der Waals surface area contributed by atoms with Gasteiger partial charge in [0.05, 0.1) is 14.2 Å². The fourth-order valence-corrected chi connectivity index (χ4v) is 2.65. The van der Waals surface area contributed by atoms with Gasteiger partial charge in [-0.15, -0.1) is 16.4 Å². The van der Waals surface area contributed by atoms with Gasteiger partial charge in [0.25, 0.3) is 0 Å². The highest BCUT2D eigenvalue weighted by atomic mass is 32.1. The zero-order chi connectivity index (χ0) is 15.5. The summed E-state index contributed by atoms with van der Waals surface area (Å²) in [5.74, 6) is 1.17. The van der Waals surface area contributed by atoms with Gasteiger partial charge in [-0.3, -0.25) is 0 Å². The molecule has 0 fully saturated rings. The minimum Gasteiger partial charge on any atom is -0.493 e. The molecule has 0 radical (unpaired) electrons. The number of benzene rings is 1. The van der Waals surface area contributed by atoms with Crippen LogP contribution in [0.1, 0.15) is 5.69 Å². The molecule has 0 spiro atoms. The molecule has 7 nitrogen and oxygen atoms in total. The molecule has 0 aliphatic carbocycles. The van der Waals surface area contributed by atoms with Crippen LogP contribution in [0.2, 0.25) is 0 Å². The summed E-state index contributed by atoms with van der Waals surface area (Å²) < 4.78 is 12.1. The van der Waals surface area contributed by atoms with Crippen LogP contribution in [-0.4, -0.2) is 34.2 Å². The van der Waals surface area contributed by atoms with E-state index in [2.05, 4.69) is 21.4 Å². The van der Waals surface area contributed by atoms with E-state index in [-0.39, 0.29) is 5.69 Å². The van der Waals surface area contributed by atoms with Crippen LogP contribution in [-0.2, 0) is 0 Å². The van der Waals surface area contributed by atoms with Crippen LogP contribution in [0.5, 0.6) is 11.5 Å². The highest BCUT2D eigenvalue weighted by molar-refractivity contribution is 7.12. The van der Waals surface area contributed by atoms with E-state index in [1.807, 2.05) is 11.4 Å². The van der Waals surface area contributed by atoms with Crippen molar-refractivity contribution in [2.45, 2.75) is 0 Å². The molecule has 0 aliphatic rings. The van der Waals surface area contributed by atoms with Crippen LogP contribution in [0.4, 0.5) is 0 Å². The molecule has 0 atom stereocenters. The Hall–Kier alpha value is -2.92. The Morgan fingerprint density at radius 2 is 2.05 bits per heavy atom. The van der Waals surface area contributed by atoms with E-state index < -0.39 is 0 Å². The Morgan fingerprint density at radius 1 is 1.23 bits per heavy atom. The van der Waals surface area contributed by atoms with Crippen molar-refractivity contribution in [2.24, 2.45) is 0 Å². The highest BCUT2D eigenvalue weighted by Crippen LogP contribution is 2.34. The summed E-state index contributed by atoms with van der Waals surface area (Å²) >= 11 is 1.41. The lowest BCUT2D eigenvalue weighted by Crippen LogP contribution is -1.99. The van der Waals surface area contributed by atoms with E-state index in [1.54, 1.807) is 37.2 Å². The van der Waals surface area contributed by atoms with Gasteiger partial charge >= 0.3 is 0 Å². The van der Waals surface area contributed by atoms with Crippen LogP contribution in [0.15, 0.2) is 29.8 Å². The maximum atomic E-state index is 9.28. The molecule has 8 heteroatoms. The molecule has 0 saturated heterocycles. The average molecular weight is 313 g/mol. The maximum absolute atomic E-state index is 9.28. The predicted molar refractivity (Wildman–Crippen MR) is 80.3 cm³/mol. The third-order valence-corrected chi connectivity index (χ3v) is 3.78. The first-order valence-corrected chi connectivity index (χ1v) is 7.14. The number of nitriles is 1. The lowest BCUT2D eigenvalue weighted by Gasteiger charge is -2.10. The zero-order valence-corrected chi connectivity index (χ0v) is 12.7. The van der Waals surface area contributed by atoms with Crippen molar-refractivity contribution in [3.05, 3.63) is 35.5 Å². The van der Waals surface area contributed by atoms with Crippen molar-refractivity contribution in [3.63, 3.8) is 0 Å². The molecule has 0 aliphatic heterocycles. The Balaban J connectivity index is 2.20. The molecule has 0 unspecified atom stereocenters. The minimum absolute atomic E-state index is 0.224. The molecule has 0 saturated carbocycles. The van der Waals surface area contributed by atoms with Gasteiger partial charge in [0.1, 0.15) is 11.8 Å². The molecule has 22 heavy (non-hydrogen) atoms. The van der Waals surface area contributed by atoms with Crippen LogP contribution < -0.4 is 9.47 Å². The summed E-state index contributed by atoms with van der Waals surface area (Å²) in [5, 5.41) is 19.7. The molecule has 0 bridgehead atoms. The summed E-state index contributed by atoms with van der Waals surface area (Å²) in [6, 6.07) is 7.43. The first-order chi connectivity index (χ1) is 10.8. The third-order valence-electron chi connectivity index (χ3n) is 3.03. The summed E-state index contributed by atoms with van der Waals surface area (Å²) in [6.45, 7) is 0. The first kappa shape index (κ1) is 14.0. The minimum atomic E-state index is 0.224. The second kappa shape index (κ2) is 5.83. The van der Waals surface area contributed by atoms with Gasteiger partial charge in [0, 0.05) is 17.1 Å². The summed E-state index contributed by atoms with van der Waals surface area (Å²) in [6.07, 6.45) is 1.67. The van der Waals surface area contributed by atoms with E-state index in [1.165, 1.54) is 11.3 Å². The monoisotopic (exact) mass is 313 g/mol. The van der Waals surface area contributed by atoms with Crippen molar-refractivity contribution in [1.29, 1.82) is 5.26 Å². The molecule has 3 rings (SSSR count). The maximum Gasteiger partial charge on any atom is 0.212 e. The van der Waals surface area contributed by atoms with Crippen molar-refractivity contribution >= 4 is 11.3 Å². The molecule has 110 valence electrons. The number of hydrogen-bond acceptors (Lipinski definition) is 7. The zero-order valence-electron chi connectivity index (χ0n) is 11.8. The van der Waals surface area contributed by atoms with Crippen LogP contribution >= 0.6 is 11.3 Å². The van der Waals surface area contributed by atoms with Gasteiger partial charge in [-0.05, 0) is 18.2 Å². The van der Waals surface area contributed by atoms with Gasteiger partial charge in [-0.25, -0.2) is 4.98 Å². The average Bonchev–Trinajstić information content (AvgIpc) is 3.22. The van der Waals surface area contributed by atoms with Crippen molar-refractivity contribution in [1.82, 2.24) is 20.0 Å². The molecular weight excluding hydrogens is 302 g/mol. The molecule has 2 heterocycles. The van der Waals surface area contributed by atoms with Gasteiger partial charge in [0.15, 0.2) is 17.2 Å². The summed E-state index contributed by atoms with van der Waals surface area (Å²) in [4.78, 5) is 4.21. The van der Waals surface area contributed by atoms with E-state index >= 15 is 0 Å². The molecular formula is C14H11N5O2S. The fraction of sp³-hybridized carbons (Fsp3) is 0.143. The lowest BCUT2D eigenvalue weighted by atomic mass is 10.1. The van der Waals surface area contributed by atoms with Crippen LogP contribution in [0.3, 0.4) is 0 Å². The number of rotatable bonds is 4. The standard InChI is InChI=1S/C14H11N5O2S/c1-20-11-4-3-9(7-12(11)21-2)13-10(8-15)17-18-19(13)14-16-5-6-22-14/h3-7H,1-2H3. The second-order valence-electron chi connectivity index (χ2n) is 4.19. The van der Waals surface area contributed by atoms with E-state index in [0.717, 1.165) is 5.56 Å². The van der Waals surface area contributed by atoms with E-state index in [4.69, 9.17) is 9.47 Å². The number of nitrogens with zero attached hydrogens (tertiary/aromatic N) is 5. The number of ether oxygens (including phenoxy) is 2. The largest absolute Gasteiger partial charge is 0.493 e. The predicted octanol–water partition coefficient (Wildman–Crippen LogP) is 2.28. The van der Waals surface area contributed by atoms with E-state index in [0.29, 0.717) is 22.3 Å². The molecule has 0 N–H and O–H groups in total. The Morgan fingerprint density at radius 3 is 2.68 bits per heavy atom. The van der Waals surface area contributed by atoms with Gasteiger partial charge < -0.3 is 9.47 Å². The number of thiazole rings is 1. The third kappa shape index (κ3) is 2.27. The number of aromatic nitrogens is 4. The Bertz CT molecular complexity index is 836. The Labute approximate surface area is 130 Å². The summed E-state index contributed by atoms with van der Waals surface area (Å²) in [7, 11) is 3.13. The van der Waals surface area contributed by atoms with Gasteiger partial charge in [-0.2, -0.15) is 9.94 Å². The Kier molecular flexibility index (Phi) is 3.72. The van der Waals surface area contributed by atoms with Gasteiger partial charge in [-0.1, -0.05) is 5.21 Å². The number of methoxy groups -OCH3 is 2. The van der Waals surface area contributed by atoms with Crippen molar-refractivity contribution < 1.29 is 9.47 Å². The number of hydrogen-bond donors (Lipinski definition) is 0. The molecule has 0 amide bonds. The fourth-order valence-electron chi connectivity index (χ4n) is 2.05. The lowest BCUT2D eigenvalue weighted by molar-refractivity contribution is 0.355. The van der Waals surface area contributed by atoms with E-state index in [9.17, 15) is 5.26 Å². The highest BCUT2D eigenvalue weighted by Gasteiger charge is 2.19. The normalized spacial score (nSPS) is 10.2. The topological polar surface area (TPSA) is 85.9 Å². The first-order valence-electron chi connectivity index (χ1n) is 6.26. The smallest absolute Gasteiger partial charge is 0.212 e.